The third kappa shape index (κ3) is 3.61. The van der Waals surface area contributed by atoms with Crippen LogP contribution in [0.5, 0.6) is 0 Å². The lowest BCUT2D eigenvalue weighted by molar-refractivity contribution is 0.0286. The Morgan fingerprint density at radius 2 is 1.62 bits per heavy atom. The summed E-state index contributed by atoms with van der Waals surface area (Å²) in [5.74, 6) is 0. The highest BCUT2D eigenvalue weighted by Crippen LogP contribution is 2.24. The molecule has 0 fully saturated rings. The van der Waals surface area contributed by atoms with Crippen LogP contribution in [-0.4, -0.2) is 41.1 Å². The average Bonchev–Trinajstić information content (AvgIpc) is 2.14. The summed E-state index contributed by atoms with van der Waals surface area (Å²) >= 11 is 0. The Labute approximate surface area is 92.8 Å². The molecule has 0 unspecified atom stereocenters. The zero-order chi connectivity index (χ0) is 13.2. The Bertz CT molecular complexity index is 424. The van der Waals surface area contributed by atoms with Gasteiger partial charge >= 0.3 is 15.4 Å². The molecule has 16 heavy (non-hydrogen) atoms. The molecule has 0 saturated heterocycles. The lowest BCUT2D eigenvalue weighted by Gasteiger charge is -2.15. The monoisotopic (exact) mass is 282 g/mol. The fourth-order valence-electron chi connectivity index (χ4n) is 0.481. The lowest BCUT2D eigenvalue weighted by Crippen LogP contribution is -2.36. The molecule has 0 radical (unpaired) electrons. The minimum absolute atomic E-state index is 0.542. The van der Waals surface area contributed by atoms with Crippen LogP contribution in [0.15, 0.2) is 0 Å². The maximum absolute atomic E-state index is 12.9. The minimum atomic E-state index is -5.17. The van der Waals surface area contributed by atoms with E-state index in [2.05, 4.69) is 8.37 Å². The van der Waals surface area contributed by atoms with Crippen molar-refractivity contribution < 1.29 is 34.0 Å². The molecule has 0 aliphatic rings. The molecule has 0 saturated carbocycles. The summed E-state index contributed by atoms with van der Waals surface area (Å²) in [5.41, 5.74) is 0. The fraction of sp³-hybridized carbons (Fsp3) is 1.00. The van der Waals surface area contributed by atoms with Crippen molar-refractivity contribution in [1.29, 1.82) is 0 Å². The van der Waals surface area contributed by atoms with Gasteiger partial charge < -0.3 is 0 Å². The van der Waals surface area contributed by atoms with Crippen LogP contribution in [0.1, 0.15) is 13.8 Å². The van der Waals surface area contributed by atoms with Crippen LogP contribution in [0.4, 0.5) is 8.78 Å². The van der Waals surface area contributed by atoms with Gasteiger partial charge in [-0.05, 0) is 13.8 Å². The van der Waals surface area contributed by atoms with Crippen molar-refractivity contribution in [1.82, 2.24) is 0 Å². The van der Waals surface area contributed by atoms with Gasteiger partial charge in [0.25, 0.3) is 10.1 Å². The maximum Gasteiger partial charge on any atom is 0.394 e. The lowest BCUT2D eigenvalue weighted by atomic mass is 10.6. The van der Waals surface area contributed by atoms with Gasteiger partial charge in [-0.3, -0.25) is 8.37 Å². The van der Waals surface area contributed by atoms with Crippen LogP contribution in [0, 0.1) is 0 Å². The largest absolute Gasteiger partial charge is 0.394 e. The van der Waals surface area contributed by atoms with Crippen molar-refractivity contribution in [3.63, 3.8) is 0 Å². The second-order valence-electron chi connectivity index (χ2n) is 3.06. The Morgan fingerprint density at radius 3 is 1.94 bits per heavy atom. The van der Waals surface area contributed by atoms with Gasteiger partial charge in [0.15, 0.2) is 0 Å². The van der Waals surface area contributed by atoms with Crippen molar-refractivity contribution in [3.05, 3.63) is 0 Å². The average molecular weight is 282 g/mol. The molecule has 0 aliphatic carbocycles. The first-order chi connectivity index (χ1) is 6.96. The van der Waals surface area contributed by atoms with Gasteiger partial charge in [-0.15, -0.1) is 0 Å². The van der Waals surface area contributed by atoms with E-state index in [0.29, 0.717) is 7.11 Å². The number of alkyl halides is 2. The van der Waals surface area contributed by atoms with Gasteiger partial charge in [-0.25, -0.2) is 0 Å². The summed E-state index contributed by atoms with van der Waals surface area (Å²) in [7, 11) is -8.83. The fourth-order valence-corrected chi connectivity index (χ4v) is 1.59. The van der Waals surface area contributed by atoms with Crippen LogP contribution in [0.25, 0.3) is 0 Å². The number of hydrogen-bond acceptors (Lipinski definition) is 6. The molecule has 0 amide bonds. The molecule has 10 heteroatoms. The van der Waals surface area contributed by atoms with Gasteiger partial charge in [0.05, 0.1) is 12.4 Å². The van der Waals surface area contributed by atoms with Gasteiger partial charge in [-0.2, -0.15) is 25.6 Å². The normalized spacial score (nSPS) is 14.4. The van der Waals surface area contributed by atoms with E-state index in [9.17, 15) is 25.6 Å². The second kappa shape index (κ2) is 4.90. The van der Waals surface area contributed by atoms with Crippen LogP contribution in [0.2, 0.25) is 0 Å². The summed E-state index contributed by atoms with van der Waals surface area (Å²) in [5, 5.41) is -5.46. The number of hydrogen-bond donors (Lipinski definition) is 0. The summed E-state index contributed by atoms with van der Waals surface area (Å²) in [4.78, 5) is 0. The van der Waals surface area contributed by atoms with Crippen LogP contribution in [-0.2, 0) is 28.6 Å². The molecule has 0 aliphatic heterocycles. The molecular weight excluding hydrogens is 270 g/mol. The van der Waals surface area contributed by atoms with Gasteiger partial charge in [0, 0.05) is 0 Å². The zero-order valence-corrected chi connectivity index (χ0v) is 10.4. The van der Waals surface area contributed by atoms with E-state index in [0.717, 1.165) is 0 Å². The molecule has 0 spiro atoms. The highest BCUT2D eigenvalue weighted by Gasteiger charge is 2.47. The Balaban J connectivity index is 4.79. The standard InChI is InChI=1S/C6H12F2O6S2/c1-5(2)15(9,10)14-4-6(7,8)16(11,12)13-3/h5H,4H2,1-3H3. The van der Waals surface area contributed by atoms with E-state index in [1.54, 1.807) is 0 Å². The molecule has 6 nitrogen and oxygen atoms in total. The summed E-state index contributed by atoms with van der Waals surface area (Å²) in [6.45, 7) is 0.611. The zero-order valence-electron chi connectivity index (χ0n) is 8.81. The van der Waals surface area contributed by atoms with Crippen molar-refractivity contribution in [3.8, 4) is 0 Å². The third-order valence-electron chi connectivity index (χ3n) is 1.55. The first-order valence-electron chi connectivity index (χ1n) is 4.02. The summed E-state index contributed by atoms with van der Waals surface area (Å²) in [6, 6.07) is 0. The van der Waals surface area contributed by atoms with E-state index in [-0.39, 0.29) is 0 Å². The van der Waals surface area contributed by atoms with Crippen molar-refractivity contribution >= 4 is 20.2 Å². The highest BCUT2D eigenvalue weighted by atomic mass is 32.2. The molecule has 0 bridgehead atoms. The molecule has 0 aromatic heterocycles. The van der Waals surface area contributed by atoms with E-state index in [1.807, 2.05) is 0 Å². The predicted molar refractivity (Wildman–Crippen MR) is 50.9 cm³/mol. The van der Waals surface area contributed by atoms with Gasteiger partial charge in [-0.1, -0.05) is 0 Å². The molecule has 98 valence electrons. The molecule has 0 atom stereocenters. The molecule has 0 N–H and O–H groups in total. The van der Waals surface area contributed by atoms with Gasteiger partial charge in [0.2, 0.25) is 0 Å². The number of halogens is 2. The predicted octanol–water partition coefficient (Wildman–Crippen LogP) is 0.310. The smallest absolute Gasteiger partial charge is 0.269 e. The molecule has 0 heterocycles. The molecule has 0 rings (SSSR count). The number of rotatable bonds is 6. The maximum atomic E-state index is 12.9. The Kier molecular flexibility index (Phi) is 4.80. The first-order valence-corrected chi connectivity index (χ1v) is 6.90. The van der Waals surface area contributed by atoms with Crippen molar-refractivity contribution in [2.24, 2.45) is 0 Å². The van der Waals surface area contributed by atoms with E-state index < -0.39 is 37.3 Å². The Morgan fingerprint density at radius 1 is 1.19 bits per heavy atom. The molecule has 0 aromatic rings. The first kappa shape index (κ1) is 15.7. The van der Waals surface area contributed by atoms with Crippen LogP contribution >= 0.6 is 0 Å². The molecule has 0 aromatic carbocycles. The van der Waals surface area contributed by atoms with Crippen LogP contribution < -0.4 is 0 Å². The van der Waals surface area contributed by atoms with E-state index in [1.165, 1.54) is 13.8 Å². The van der Waals surface area contributed by atoms with Gasteiger partial charge in [0.1, 0.15) is 6.61 Å². The SMILES string of the molecule is COS(=O)(=O)C(F)(F)COS(=O)(=O)C(C)C. The third-order valence-corrected chi connectivity index (χ3v) is 4.44. The van der Waals surface area contributed by atoms with E-state index >= 15 is 0 Å². The quantitative estimate of drug-likeness (QED) is 0.652. The topological polar surface area (TPSA) is 86.7 Å². The molecular formula is C6H12F2O6S2. The minimum Gasteiger partial charge on any atom is -0.269 e. The summed E-state index contributed by atoms with van der Waals surface area (Å²) < 4.78 is 76.6. The second-order valence-corrected chi connectivity index (χ2v) is 7.06. The van der Waals surface area contributed by atoms with Crippen molar-refractivity contribution in [2.45, 2.75) is 24.4 Å². The van der Waals surface area contributed by atoms with E-state index in [4.69, 9.17) is 0 Å². The highest BCUT2D eigenvalue weighted by molar-refractivity contribution is 7.88. The van der Waals surface area contributed by atoms with Crippen molar-refractivity contribution in [2.75, 3.05) is 13.7 Å². The Hall–Kier alpha value is -0.320. The van der Waals surface area contributed by atoms with Crippen LogP contribution in [0.3, 0.4) is 0 Å². The summed E-state index contributed by atoms with van der Waals surface area (Å²) in [6.07, 6.45) is 0.